The predicted molar refractivity (Wildman–Crippen MR) is 150 cm³/mol. The first-order valence-electron chi connectivity index (χ1n) is 12.3. The Bertz CT molecular complexity index is 1280. The van der Waals surface area contributed by atoms with E-state index in [-0.39, 0.29) is 12.0 Å². The number of methoxy groups -OCH3 is 3. The zero-order valence-electron chi connectivity index (χ0n) is 22.0. The van der Waals surface area contributed by atoms with Crippen molar-refractivity contribution in [3.63, 3.8) is 0 Å². The van der Waals surface area contributed by atoms with Crippen molar-refractivity contribution in [2.45, 2.75) is 19.4 Å². The minimum Gasteiger partial charge on any atom is -0.497 e. The number of anilines is 1. The van der Waals surface area contributed by atoms with Crippen LogP contribution in [0.25, 0.3) is 0 Å². The number of hydrogen-bond donors (Lipinski definition) is 1. The molecule has 1 aliphatic heterocycles. The van der Waals surface area contributed by atoms with Crippen LogP contribution in [-0.2, 0) is 11.2 Å². The first kappa shape index (κ1) is 27.1. The lowest BCUT2D eigenvalue weighted by Gasteiger charge is -2.39. The summed E-state index contributed by atoms with van der Waals surface area (Å²) in [4.78, 5) is 14.1. The van der Waals surface area contributed by atoms with Gasteiger partial charge in [0.1, 0.15) is 18.1 Å². The van der Waals surface area contributed by atoms with E-state index < -0.39 is 0 Å². The molecular formula is C29H32N2O6S. The number of ether oxygens (including phenoxy) is 5. The molecule has 0 saturated carbocycles. The minimum absolute atomic E-state index is 0.200. The summed E-state index contributed by atoms with van der Waals surface area (Å²) >= 11 is 5.86. The molecule has 1 aliphatic rings. The fourth-order valence-corrected chi connectivity index (χ4v) is 4.76. The highest BCUT2D eigenvalue weighted by Crippen LogP contribution is 2.39. The van der Waals surface area contributed by atoms with Crippen LogP contribution >= 0.6 is 12.2 Å². The van der Waals surface area contributed by atoms with Crippen LogP contribution in [0.4, 0.5) is 5.69 Å². The molecule has 9 heteroatoms. The average Bonchev–Trinajstić information content (AvgIpc) is 2.95. The maximum absolute atomic E-state index is 12.0. The summed E-state index contributed by atoms with van der Waals surface area (Å²) in [5.74, 6) is 2.35. The van der Waals surface area contributed by atoms with Crippen molar-refractivity contribution in [1.82, 2.24) is 4.90 Å². The van der Waals surface area contributed by atoms with Gasteiger partial charge in [-0.25, -0.2) is 4.79 Å². The van der Waals surface area contributed by atoms with E-state index in [0.717, 1.165) is 29.0 Å². The lowest BCUT2D eigenvalue weighted by molar-refractivity contribution is 0.0526. The van der Waals surface area contributed by atoms with Crippen molar-refractivity contribution >= 4 is 29.0 Å². The molecule has 1 N–H and O–H groups in total. The van der Waals surface area contributed by atoms with Gasteiger partial charge in [-0.1, -0.05) is 6.07 Å². The molecule has 1 atom stereocenters. The number of thiocarbonyl (C=S) groups is 1. The monoisotopic (exact) mass is 536 g/mol. The molecule has 3 aromatic carbocycles. The average molecular weight is 537 g/mol. The predicted octanol–water partition coefficient (Wildman–Crippen LogP) is 5.26. The van der Waals surface area contributed by atoms with Crippen LogP contribution in [-0.4, -0.2) is 57.1 Å². The Hall–Kier alpha value is -3.98. The van der Waals surface area contributed by atoms with Crippen molar-refractivity contribution in [2.75, 3.05) is 46.4 Å². The lowest BCUT2D eigenvalue weighted by Crippen LogP contribution is -2.44. The molecule has 0 fully saturated rings. The number of fused-ring (bicyclic) bond motifs is 1. The van der Waals surface area contributed by atoms with Gasteiger partial charge in [-0.2, -0.15) is 0 Å². The third-order valence-corrected chi connectivity index (χ3v) is 6.69. The van der Waals surface area contributed by atoms with Crippen LogP contribution in [0.1, 0.15) is 34.5 Å². The van der Waals surface area contributed by atoms with E-state index in [9.17, 15) is 4.79 Å². The van der Waals surface area contributed by atoms with Gasteiger partial charge in [0.25, 0.3) is 0 Å². The van der Waals surface area contributed by atoms with Crippen LogP contribution in [0.5, 0.6) is 23.0 Å². The van der Waals surface area contributed by atoms with Gasteiger partial charge in [0.2, 0.25) is 0 Å². The molecule has 0 bridgehead atoms. The quantitative estimate of drug-likeness (QED) is 0.291. The molecule has 0 aliphatic carbocycles. The van der Waals surface area contributed by atoms with Gasteiger partial charge in [0, 0.05) is 18.3 Å². The molecule has 0 aromatic heterocycles. The molecule has 38 heavy (non-hydrogen) atoms. The third kappa shape index (κ3) is 6.11. The summed E-state index contributed by atoms with van der Waals surface area (Å²) in [6, 6.07) is 18.4. The van der Waals surface area contributed by atoms with Crippen LogP contribution in [0.2, 0.25) is 0 Å². The molecule has 1 heterocycles. The van der Waals surface area contributed by atoms with E-state index >= 15 is 0 Å². The van der Waals surface area contributed by atoms with Gasteiger partial charge < -0.3 is 33.9 Å². The summed E-state index contributed by atoms with van der Waals surface area (Å²) in [7, 11) is 4.89. The number of nitrogens with one attached hydrogen (secondary N) is 1. The van der Waals surface area contributed by atoms with E-state index in [1.807, 2.05) is 36.4 Å². The highest BCUT2D eigenvalue weighted by molar-refractivity contribution is 7.80. The first-order chi connectivity index (χ1) is 18.5. The zero-order chi connectivity index (χ0) is 27.1. The van der Waals surface area contributed by atoms with Crippen molar-refractivity contribution in [3.05, 3.63) is 77.4 Å². The number of carbonyl (C=O) groups excluding carboxylic acids is 1. The number of carbonyl (C=O) groups is 1. The Morgan fingerprint density at radius 3 is 2.39 bits per heavy atom. The molecular weight excluding hydrogens is 504 g/mol. The second kappa shape index (κ2) is 12.5. The van der Waals surface area contributed by atoms with E-state index in [0.29, 0.717) is 47.7 Å². The maximum Gasteiger partial charge on any atom is 0.338 e. The molecule has 0 unspecified atom stereocenters. The van der Waals surface area contributed by atoms with E-state index in [4.69, 9.17) is 35.9 Å². The Morgan fingerprint density at radius 1 is 0.974 bits per heavy atom. The molecule has 0 saturated heterocycles. The summed E-state index contributed by atoms with van der Waals surface area (Å²) in [6.45, 7) is 3.11. The van der Waals surface area contributed by atoms with E-state index in [1.54, 1.807) is 52.5 Å². The van der Waals surface area contributed by atoms with Crippen molar-refractivity contribution in [3.8, 4) is 23.0 Å². The first-order valence-corrected chi connectivity index (χ1v) is 12.7. The molecule has 0 radical (unpaired) electrons. The summed E-state index contributed by atoms with van der Waals surface area (Å²) in [5.41, 5.74) is 3.51. The van der Waals surface area contributed by atoms with Crippen LogP contribution in [0, 0.1) is 0 Å². The number of esters is 1. The Labute approximate surface area is 228 Å². The SMILES string of the molecule is CCOC(=O)c1ccc(OC[C@@H]2c3cc(OC)c(OC)cc3CCN2C(=S)Nc2cccc(OC)c2)cc1. The van der Waals surface area contributed by atoms with Gasteiger partial charge in [-0.15, -0.1) is 0 Å². The normalized spacial score (nSPS) is 14.2. The van der Waals surface area contributed by atoms with E-state index in [1.165, 1.54) is 0 Å². The standard InChI is InChI=1S/C29H32N2O6S/c1-5-36-28(32)19-9-11-22(12-10-19)37-18-25-24-17-27(35-4)26(34-3)15-20(24)13-14-31(25)29(38)30-21-7-6-8-23(16-21)33-2/h6-12,15-17,25H,5,13-14,18H2,1-4H3,(H,30,38)/t25-/m1/s1. The third-order valence-electron chi connectivity index (χ3n) is 6.36. The topological polar surface area (TPSA) is 78.5 Å². The molecule has 200 valence electrons. The molecule has 0 spiro atoms. The summed E-state index contributed by atoms with van der Waals surface area (Å²) in [6.07, 6.45) is 0.778. The maximum atomic E-state index is 12.0. The number of rotatable bonds is 9. The second-order valence-corrected chi connectivity index (χ2v) is 8.97. The molecule has 4 rings (SSSR count). The zero-order valence-corrected chi connectivity index (χ0v) is 22.8. The summed E-state index contributed by atoms with van der Waals surface area (Å²) in [5, 5.41) is 3.92. The van der Waals surface area contributed by atoms with Crippen LogP contribution < -0.4 is 24.3 Å². The molecule has 0 amide bonds. The number of hydrogen-bond acceptors (Lipinski definition) is 7. The lowest BCUT2D eigenvalue weighted by atomic mass is 9.92. The van der Waals surface area contributed by atoms with Crippen LogP contribution in [0.3, 0.4) is 0 Å². The Morgan fingerprint density at radius 2 is 1.71 bits per heavy atom. The number of benzene rings is 3. The molecule has 3 aromatic rings. The van der Waals surface area contributed by atoms with Crippen molar-refractivity contribution in [1.29, 1.82) is 0 Å². The van der Waals surface area contributed by atoms with Crippen molar-refractivity contribution in [2.24, 2.45) is 0 Å². The smallest absolute Gasteiger partial charge is 0.338 e. The Balaban J connectivity index is 1.60. The fraction of sp³-hybridized carbons (Fsp3) is 0.310. The van der Waals surface area contributed by atoms with Gasteiger partial charge >= 0.3 is 5.97 Å². The van der Waals surface area contributed by atoms with Gasteiger partial charge in [0.15, 0.2) is 16.6 Å². The number of nitrogens with zero attached hydrogens (tertiary/aromatic N) is 1. The highest BCUT2D eigenvalue weighted by atomic mass is 32.1. The van der Waals surface area contributed by atoms with Crippen molar-refractivity contribution < 1.29 is 28.5 Å². The van der Waals surface area contributed by atoms with Gasteiger partial charge in [-0.05, 0) is 85.2 Å². The highest BCUT2D eigenvalue weighted by Gasteiger charge is 2.31. The second-order valence-electron chi connectivity index (χ2n) is 8.58. The molecule has 8 nitrogen and oxygen atoms in total. The van der Waals surface area contributed by atoms with Gasteiger partial charge in [0.05, 0.1) is 39.5 Å². The minimum atomic E-state index is -0.360. The summed E-state index contributed by atoms with van der Waals surface area (Å²) < 4.78 is 27.8. The van der Waals surface area contributed by atoms with Crippen LogP contribution in [0.15, 0.2) is 60.7 Å². The Kier molecular flexibility index (Phi) is 8.91. The van der Waals surface area contributed by atoms with E-state index in [2.05, 4.69) is 10.2 Å². The fourth-order valence-electron chi connectivity index (χ4n) is 4.42. The largest absolute Gasteiger partial charge is 0.497 e. The van der Waals surface area contributed by atoms with Gasteiger partial charge in [-0.3, -0.25) is 0 Å².